The zero-order valence-electron chi connectivity index (χ0n) is 28.5. The summed E-state index contributed by atoms with van der Waals surface area (Å²) in [6, 6.07) is 0. The van der Waals surface area contributed by atoms with E-state index >= 15 is 0 Å². The van der Waals surface area contributed by atoms with Crippen molar-refractivity contribution in [1.82, 2.24) is 5.32 Å². The molecule has 0 aromatic carbocycles. The molecule has 0 rings (SSSR count). The van der Waals surface area contributed by atoms with E-state index in [1.807, 2.05) is 6.08 Å². The molecular weight excluding hydrogens is 605 g/mol. The Morgan fingerprint density at radius 2 is 1.24 bits per heavy atom. The van der Waals surface area contributed by atoms with Gasteiger partial charge in [-0.2, -0.15) is 0 Å². The van der Waals surface area contributed by atoms with Crippen LogP contribution in [0.1, 0.15) is 123 Å². The van der Waals surface area contributed by atoms with Crippen molar-refractivity contribution >= 4 is 19.7 Å². The smallest absolute Gasteiger partial charge is 0.463 e. The topological polar surface area (TPSA) is 131 Å². The van der Waals surface area contributed by atoms with Crippen molar-refractivity contribution < 1.29 is 37.9 Å². The van der Waals surface area contributed by atoms with Gasteiger partial charge < -0.3 is 20.1 Å². The Bertz CT molecular complexity index is 944. The number of carbonyl (C=O) groups is 2. The van der Waals surface area contributed by atoms with Crippen LogP contribution in [0.15, 0.2) is 60.8 Å². The average molecular weight is 668 g/mol. The molecule has 0 bridgehead atoms. The first-order chi connectivity index (χ1) is 22.3. The van der Waals surface area contributed by atoms with Crippen LogP contribution in [0.25, 0.3) is 0 Å². The first kappa shape index (κ1) is 43.7. The summed E-state index contributed by atoms with van der Waals surface area (Å²) in [6.07, 6.45) is 36.0. The molecule has 3 N–H and O–H groups in total. The number of amides is 1. The molecule has 1 amide bonds. The second kappa shape index (κ2) is 32.6. The van der Waals surface area contributed by atoms with Crippen molar-refractivity contribution in [3.8, 4) is 0 Å². The summed E-state index contributed by atoms with van der Waals surface area (Å²) in [5, 5.41) is 12.6. The molecule has 0 saturated carbocycles. The van der Waals surface area contributed by atoms with Gasteiger partial charge in [-0.1, -0.05) is 120 Å². The van der Waals surface area contributed by atoms with Gasteiger partial charge in [0.25, 0.3) is 0 Å². The molecule has 0 aromatic heterocycles. The Balaban J connectivity index is 3.77. The molecule has 2 unspecified atom stereocenters. The van der Waals surface area contributed by atoms with Gasteiger partial charge >= 0.3 is 13.8 Å². The lowest BCUT2D eigenvalue weighted by atomic mass is 10.1. The molecule has 264 valence electrons. The van der Waals surface area contributed by atoms with E-state index in [4.69, 9.17) is 13.8 Å². The number of phosphoric acid groups is 1. The maximum atomic E-state index is 12.0. The fourth-order valence-electron chi connectivity index (χ4n) is 4.12. The quantitative estimate of drug-likeness (QED) is 0.0290. The van der Waals surface area contributed by atoms with Crippen molar-refractivity contribution in [2.75, 3.05) is 26.4 Å². The van der Waals surface area contributed by atoms with Crippen LogP contribution in [0, 0.1) is 0 Å². The van der Waals surface area contributed by atoms with E-state index in [1.54, 1.807) is 0 Å². The minimum Gasteiger partial charge on any atom is -0.463 e. The molecule has 0 aromatic rings. The highest BCUT2D eigenvalue weighted by molar-refractivity contribution is 7.47. The van der Waals surface area contributed by atoms with Crippen molar-refractivity contribution in [2.24, 2.45) is 0 Å². The van der Waals surface area contributed by atoms with Gasteiger partial charge in [0.2, 0.25) is 5.91 Å². The van der Waals surface area contributed by atoms with E-state index in [2.05, 4.69) is 73.8 Å². The van der Waals surface area contributed by atoms with Crippen molar-refractivity contribution in [2.45, 2.75) is 129 Å². The van der Waals surface area contributed by atoms with Crippen LogP contribution in [0.5, 0.6) is 0 Å². The van der Waals surface area contributed by atoms with E-state index < -0.39 is 26.5 Å². The van der Waals surface area contributed by atoms with Crippen LogP contribution in [-0.4, -0.2) is 54.3 Å². The number of hydrogen-bond acceptors (Lipinski definition) is 7. The Morgan fingerprint density at radius 1 is 0.696 bits per heavy atom. The van der Waals surface area contributed by atoms with Crippen molar-refractivity contribution in [1.29, 1.82) is 0 Å². The normalized spacial score (nSPS) is 14.3. The minimum absolute atomic E-state index is 0.0730. The first-order valence-corrected chi connectivity index (χ1v) is 18.8. The summed E-state index contributed by atoms with van der Waals surface area (Å²) in [4.78, 5) is 33.5. The molecular formula is C36H62NO8P. The van der Waals surface area contributed by atoms with Crippen LogP contribution in [-0.2, 0) is 27.9 Å². The maximum Gasteiger partial charge on any atom is 0.472 e. The van der Waals surface area contributed by atoms with Crippen LogP contribution in [0.3, 0.4) is 0 Å². The number of aliphatic hydroxyl groups excluding tert-OH is 1. The van der Waals surface area contributed by atoms with E-state index in [-0.39, 0.29) is 32.1 Å². The monoisotopic (exact) mass is 667 g/mol. The number of hydrogen-bond donors (Lipinski definition) is 3. The van der Waals surface area contributed by atoms with E-state index in [0.717, 1.165) is 57.8 Å². The third kappa shape index (κ3) is 33.1. The average Bonchev–Trinajstić information content (AvgIpc) is 3.04. The number of carbonyl (C=O) groups excluding carboxylic acids is 2. The van der Waals surface area contributed by atoms with Gasteiger partial charge in [0.05, 0.1) is 13.2 Å². The number of phosphoric ester groups is 1. The van der Waals surface area contributed by atoms with E-state index in [9.17, 15) is 24.2 Å². The lowest BCUT2D eigenvalue weighted by molar-refractivity contribution is -0.147. The first-order valence-electron chi connectivity index (χ1n) is 17.3. The van der Waals surface area contributed by atoms with E-state index in [0.29, 0.717) is 12.8 Å². The van der Waals surface area contributed by atoms with Gasteiger partial charge in [-0.15, -0.1) is 0 Å². The second-order valence-corrected chi connectivity index (χ2v) is 12.6. The Kier molecular flexibility index (Phi) is 31.0. The third-order valence-corrected chi connectivity index (χ3v) is 7.70. The standard InChI is InChI=1S/C36H62NO8P/c1-3-5-7-9-11-13-14-15-16-17-18-19-20-21-23-25-27-29-36(40)43-32-34(38)33-45-46(41,42)44-31-30-37-35(39)28-26-24-22-12-10-8-6-4-2/h5,7,11,13,15-16,18-19,21,23,34,38H,3-4,6,8-10,12,14,17,20,22,24-33H2,1-2H3,(H,37,39)(H,41,42)/b7-5-,13-11-,16-15-,19-18-,23-21-. The van der Waals surface area contributed by atoms with Gasteiger partial charge in [-0.25, -0.2) is 4.57 Å². The van der Waals surface area contributed by atoms with Gasteiger partial charge in [-0.3, -0.25) is 18.6 Å². The summed E-state index contributed by atoms with van der Waals surface area (Å²) >= 11 is 0. The maximum absolute atomic E-state index is 12.0. The zero-order chi connectivity index (χ0) is 34.0. The van der Waals surface area contributed by atoms with Gasteiger partial charge in [0, 0.05) is 19.4 Å². The van der Waals surface area contributed by atoms with E-state index in [1.165, 1.54) is 32.1 Å². The third-order valence-electron chi connectivity index (χ3n) is 6.71. The highest BCUT2D eigenvalue weighted by Gasteiger charge is 2.23. The Hall–Kier alpha value is -2.29. The minimum atomic E-state index is -4.42. The molecule has 9 nitrogen and oxygen atoms in total. The number of aliphatic hydroxyl groups is 1. The largest absolute Gasteiger partial charge is 0.472 e. The molecule has 0 aliphatic carbocycles. The number of allylic oxidation sites excluding steroid dienone is 10. The second-order valence-electron chi connectivity index (χ2n) is 11.1. The lowest BCUT2D eigenvalue weighted by Crippen LogP contribution is -2.27. The molecule has 0 spiro atoms. The predicted molar refractivity (Wildman–Crippen MR) is 187 cm³/mol. The molecule has 0 radical (unpaired) electrons. The number of unbranched alkanes of at least 4 members (excludes halogenated alkanes) is 8. The highest BCUT2D eigenvalue weighted by Crippen LogP contribution is 2.42. The summed E-state index contributed by atoms with van der Waals surface area (Å²) in [6.45, 7) is 3.30. The van der Waals surface area contributed by atoms with Crippen LogP contribution < -0.4 is 5.32 Å². The molecule has 10 heteroatoms. The van der Waals surface area contributed by atoms with Crippen molar-refractivity contribution in [3.05, 3.63) is 60.8 Å². The van der Waals surface area contributed by atoms with Crippen LogP contribution >= 0.6 is 7.82 Å². The van der Waals surface area contributed by atoms with Crippen molar-refractivity contribution in [3.63, 3.8) is 0 Å². The predicted octanol–water partition coefficient (Wildman–Crippen LogP) is 8.59. The molecule has 0 aliphatic rings. The van der Waals surface area contributed by atoms with Gasteiger partial charge in [0.1, 0.15) is 12.7 Å². The fourth-order valence-corrected chi connectivity index (χ4v) is 4.88. The summed E-state index contributed by atoms with van der Waals surface area (Å²) < 4.78 is 26.6. The highest BCUT2D eigenvalue weighted by atomic mass is 31.2. The number of ether oxygens (including phenoxy) is 1. The Labute approximate surface area is 278 Å². The fraction of sp³-hybridized carbons (Fsp3) is 0.667. The lowest BCUT2D eigenvalue weighted by Gasteiger charge is -2.15. The molecule has 2 atom stereocenters. The zero-order valence-corrected chi connectivity index (χ0v) is 29.4. The van der Waals surface area contributed by atoms with Gasteiger partial charge in [-0.05, 0) is 51.4 Å². The molecule has 0 saturated heterocycles. The SMILES string of the molecule is CC/C=C\C/C=C\C/C=C\C/C=C\C/C=C\CCCC(=O)OCC(O)COP(=O)(O)OCCNC(=O)CCCCCCCCCC. The summed E-state index contributed by atoms with van der Waals surface area (Å²) in [5.74, 6) is -0.587. The molecule has 0 fully saturated rings. The molecule has 0 heterocycles. The summed E-state index contributed by atoms with van der Waals surface area (Å²) in [5.41, 5.74) is 0. The number of rotatable bonds is 31. The number of esters is 1. The Morgan fingerprint density at radius 3 is 1.83 bits per heavy atom. The van der Waals surface area contributed by atoms with Crippen LogP contribution in [0.4, 0.5) is 0 Å². The molecule has 46 heavy (non-hydrogen) atoms. The van der Waals surface area contributed by atoms with Gasteiger partial charge in [0.15, 0.2) is 0 Å². The molecule has 0 aliphatic heterocycles. The number of nitrogens with one attached hydrogen (secondary N) is 1. The summed E-state index contributed by atoms with van der Waals surface area (Å²) in [7, 11) is -4.42. The van der Waals surface area contributed by atoms with Crippen LogP contribution in [0.2, 0.25) is 0 Å².